The number of ether oxygens (including phenoxy) is 2. The Hall–Kier alpha value is -0.120. The van der Waals surface area contributed by atoms with E-state index in [9.17, 15) is 0 Å². The first-order valence-corrected chi connectivity index (χ1v) is 4.28. The fourth-order valence-corrected chi connectivity index (χ4v) is 0.690. The highest BCUT2D eigenvalue weighted by Crippen LogP contribution is 1.85. The first kappa shape index (κ1) is 10.9. The molecule has 0 unspecified atom stereocenters. The Labute approximate surface area is 69.1 Å². The lowest BCUT2D eigenvalue weighted by Gasteiger charge is -2.09. The van der Waals surface area contributed by atoms with Crippen molar-refractivity contribution in [3.05, 3.63) is 0 Å². The lowest BCUT2D eigenvalue weighted by Crippen LogP contribution is -2.16. The molecule has 1 aliphatic heterocycles. The third-order valence-electron chi connectivity index (χ3n) is 1.24. The Balaban J connectivity index is 0.000000187. The summed E-state index contributed by atoms with van der Waals surface area (Å²) in [7, 11) is 0. The Bertz CT molecular complexity index is 51.6. The van der Waals surface area contributed by atoms with Crippen LogP contribution in [0.2, 0.25) is 0 Å². The van der Waals surface area contributed by atoms with Gasteiger partial charge in [-0.1, -0.05) is 13.8 Å². The van der Waals surface area contributed by atoms with Gasteiger partial charge in [0.1, 0.15) is 0 Å². The molecule has 1 rings (SSSR count). The van der Waals surface area contributed by atoms with Crippen LogP contribution in [0.3, 0.4) is 0 Å². The maximum Gasteiger partial charge on any atom is 0.0701 e. The van der Waals surface area contributed by atoms with E-state index in [1.54, 1.807) is 0 Å². The van der Waals surface area contributed by atoms with Gasteiger partial charge in [-0.05, 0) is 13.1 Å². The van der Waals surface area contributed by atoms with Crippen molar-refractivity contribution in [3.63, 3.8) is 0 Å². The SMILES string of the molecule is C1COCCO1.CCNCC. The van der Waals surface area contributed by atoms with Crippen LogP contribution in [0, 0.1) is 0 Å². The molecule has 1 heterocycles. The van der Waals surface area contributed by atoms with Crippen molar-refractivity contribution in [1.82, 2.24) is 5.32 Å². The molecule has 1 aliphatic rings. The maximum atomic E-state index is 4.94. The summed E-state index contributed by atoms with van der Waals surface area (Å²) in [6.45, 7) is 9.50. The van der Waals surface area contributed by atoms with Crippen LogP contribution >= 0.6 is 0 Å². The van der Waals surface area contributed by atoms with Crippen LogP contribution in [-0.2, 0) is 9.47 Å². The highest BCUT2D eigenvalue weighted by molar-refractivity contribution is 4.37. The van der Waals surface area contributed by atoms with Crippen molar-refractivity contribution in [1.29, 1.82) is 0 Å². The van der Waals surface area contributed by atoms with Gasteiger partial charge in [0.2, 0.25) is 0 Å². The molecule has 0 spiro atoms. The Morgan fingerprint density at radius 2 is 1.27 bits per heavy atom. The minimum absolute atomic E-state index is 0.778. The molecule has 0 aromatic carbocycles. The molecule has 1 fully saturated rings. The molecule has 0 bridgehead atoms. The molecule has 1 N–H and O–H groups in total. The van der Waals surface area contributed by atoms with Crippen LogP contribution in [0.1, 0.15) is 13.8 Å². The number of rotatable bonds is 2. The molecule has 0 atom stereocenters. The molecule has 0 aliphatic carbocycles. The van der Waals surface area contributed by atoms with Crippen LogP contribution in [0.4, 0.5) is 0 Å². The first-order valence-electron chi connectivity index (χ1n) is 4.28. The van der Waals surface area contributed by atoms with Crippen molar-refractivity contribution in [3.8, 4) is 0 Å². The summed E-state index contributed by atoms with van der Waals surface area (Å²) in [5.41, 5.74) is 0. The van der Waals surface area contributed by atoms with Crippen molar-refractivity contribution in [2.45, 2.75) is 13.8 Å². The molecule has 3 nitrogen and oxygen atoms in total. The summed E-state index contributed by atoms with van der Waals surface area (Å²) in [6, 6.07) is 0. The average Bonchev–Trinajstić information content (AvgIpc) is 2.10. The van der Waals surface area contributed by atoms with Gasteiger partial charge >= 0.3 is 0 Å². The second kappa shape index (κ2) is 9.88. The van der Waals surface area contributed by atoms with Gasteiger partial charge in [0.25, 0.3) is 0 Å². The topological polar surface area (TPSA) is 30.5 Å². The van der Waals surface area contributed by atoms with Gasteiger partial charge in [0, 0.05) is 0 Å². The van der Waals surface area contributed by atoms with E-state index < -0.39 is 0 Å². The van der Waals surface area contributed by atoms with Gasteiger partial charge in [0.05, 0.1) is 26.4 Å². The summed E-state index contributed by atoms with van der Waals surface area (Å²) in [6.07, 6.45) is 0. The second-order valence-electron chi connectivity index (χ2n) is 2.18. The smallest absolute Gasteiger partial charge is 0.0701 e. The van der Waals surface area contributed by atoms with Crippen LogP contribution in [0.15, 0.2) is 0 Å². The summed E-state index contributed by atoms with van der Waals surface area (Å²) in [4.78, 5) is 0. The van der Waals surface area contributed by atoms with Crippen LogP contribution < -0.4 is 5.32 Å². The van der Waals surface area contributed by atoms with Gasteiger partial charge in [-0.3, -0.25) is 0 Å². The lowest BCUT2D eigenvalue weighted by atomic mass is 10.6. The third kappa shape index (κ3) is 9.88. The zero-order valence-corrected chi connectivity index (χ0v) is 7.56. The van der Waals surface area contributed by atoms with Crippen molar-refractivity contribution >= 4 is 0 Å². The molecule has 68 valence electrons. The van der Waals surface area contributed by atoms with Gasteiger partial charge < -0.3 is 14.8 Å². The van der Waals surface area contributed by atoms with E-state index in [0.29, 0.717) is 0 Å². The predicted octanol–water partition coefficient (Wildman–Crippen LogP) is 0.649. The highest BCUT2D eigenvalue weighted by Gasteiger charge is 1.94. The monoisotopic (exact) mass is 161 g/mol. The normalized spacial score (nSPS) is 16.9. The molecule has 0 amide bonds. The van der Waals surface area contributed by atoms with Gasteiger partial charge in [0.15, 0.2) is 0 Å². The van der Waals surface area contributed by atoms with E-state index in [1.165, 1.54) is 0 Å². The average molecular weight is 161 g/mol. The third-order valence-corrected chi connectivity index (χ3v) is 1.24. The van der Waals surface area contributed by atoms with E-state index in [-0.39, 0.29) is 0 Å². The van der Waals surface area contributed by atoms with E-state index >= 15 is 0 Å². The zero-order chi connectivity index (χ0) is 8.36. The number of nitrogens with one attached hydrogen (secondary N) is 1. The zero-order valence-electron chi connectivity index (χ0n) is 7.56. The minimum atomic E-state index is 0.778. The number of hydrogen-bond donors (Lipinski definition) is 1. The summed E-state index contributed by atoms with van der Waals surface area (Å²) < 4.78 is 9.89. The van der Waals surface area contributed by atoms with E-state index in [2.05, 4.69) is 19.2 Å². The molecule has 0 aromatic heterocycles. The van der Waals surface area contributed by atoms with Crippen LogP contribution in [-0.4, -0.2) is 39.5 Å². The minimum Gasteiger partial charge on any atom is -0.377 e. The molecule has 0 radical (unpaired) electrons. The van der Waals surface area contributed by atoms with Crippen LogP contribution in [0.25, 0.3) is 0 Å². The van der Waals surface area contributed by atoms with Crippen LogP contribution in [0.5, 0.6) is 0 Å². The molecule has 3 heteroatoms. The van der Waals surface area contributed by atoms with Gasteiger partial charge in [-0.2, -0.15) is 0 Å². The largest absolute Gasteiger partial charge is 0.377 e. The summed E-state index contributed by atoms with van der Waals surface area (Å²) in [5, 5.41) is 3.11. The second-order valence-corrected chi connectivity index (χ2v) is 2.18. The quantitative estimate of drug-likeness (QED) is 0.645. The number of hydrogen-bond acceptors (Lipinski definition) is 3. The van der Waals surface area contributed by atoms with Gasteiger partial charge in [-0.15, -0.1) is 0 Å². The van der Waals surface area contributed by atoms with E-state index in [4.69, 9.17) is 9.47 Å². The van der Waals surface area contributed by atoms with Gasteiger partial charge in [-0.25, -0.2) is 0 Å². The molecular weight excluding hydrogens is 142 g/mol. The predicted molar refractivity (Wildman–Crippen MR) is 45.9 cm³/mol. The summed E-state index contributed by atoms with van der Waals surface area (Å²) >= 11 is 0. The van der Waals surface area contributed by atoms with Crippen molar-refractivity contribution < 1.29 is 9.47 Å². The molecule has 11 heavy (non-hydrogen) atoms. The molecule has 0 aromatic rings. The highest BCUT2D eigenvalue weighted by atomic mass is 16.6. The molecular formula is C8H19NO2. The molecule has 1 saturated heterocycles. The van der Waals surface area contributed by atoms with E-state index in [1.807, 2.05) is 0 Å². The van der Waals surface area contributed by atoms with Crippen molar-refractivity contribution in [2.24, 2.45) is 0 Å². The molecule has 0 saturated carbocycles. The van der Waals surface area contributed by atoms with Crippen molar-refractivity contribution in [2.75, 3.05) is 39.5 Å². The maximum absolute atomic E-state index is 4.94. The Kier molecular flexibility index (Phi) is 9.77. The fourth-order valence-electron chi connectivity index (χ4n) is 0.690. The van der Waals surface area contributed by atoms with E-state index in [0.717, 1.165) is 39.5 Å². The fraction of sp³-hybridized carbons (Fsp3) is 1.00. The standard InChI is InChI=1S/C4H11N.C4H8O2/c1-3-5-4-2;1-2-6-4-3-5-1/h5H,3-4H2,1-2H3;1-4H2. The Morgan fingerprint density at radius 3 is 1.36 bits per heavy atom. The lowest BCUT2D eigenvalue weighted by molar-refractivity contribution is -0.0334. The Morgan fingerprint density at radius 1 is 0.909 bits per heavy atom. The first-order chi connectivity index (χ1) is 5.41. The summed E-state index contributed by atoms with van der Waals surface area (Å²) in [5.74, 6) is 0.